The van der Waals surface area contributed by atoms with E-state index in [9.17, 15) is 24.3 Å². The summed E-state index contributed by atoms with van der Waals surface area (Å²) in [7, 11) is 3.21. The summed E-state index contributed by atoms with van der Waals surface area (Å²) in [4.78, 5) is 56.8. The van der Waals surface area contributed by atoms with Gasteiger partial charge in [-0.25, -0.2) is 0 Å². The Bertz CT molecular complexity index is 2210. The summed E-state index contributed by atoms with van der Waals surface area (Å²) in [5, 5.41) is 10.2. The lowest BCUT2D eigenvalue weighted by molar-refractivity contribution is -0.123. The first-order valence-corrected chi connectivity index (χ1v) is 17.4. The number of phenols is 1. The third-order valence-corrected chi connectivity index (χ3v) is 11.1. The Hall–Kier alpha value is -5.48. The second-order valence-electron chi connectivity index (χ2n) is 13.2. The van der Waals surface area contributed by atoms with Gasteiger partial charge in [0, 0.05) is 40.7 Å². The molecule has 5 aliphatic rings. The van der Waals surface area contributed by atoms with Crippen LogP contribution >= 0.6 is 15.9 Å². The maximum Gasteiger partial charge on any atom is 0.238 e. The van der Waals surface area contributed by atoms with Gasteiger partial charge in [0.25, 0.3) is 0 Å². The number of benzene rings is 3. The van der Waals surface area contributed by atoms with Crippen LogP contribution in [0.2, 0.25) is 0 Å². The molecule has 9 nitrogen and oxygen atoms in total. The number of hydrogen-bond donors (Lipinski definition) is 1. The first-order chi connectivity index (χ1) is 24.7. The van der Waals surface area contributed by atoms with Crippen molar-refractivity contribution in [3.05, 3.63) is 123 Å². The van der Waals surface area contributed by atoms with E-state index in [0.29, 0.717) is 46.9 Å². The standard InChI is InChI=1S/C41H32BrNO8/c1-49-27-10-14-34(50-2)22(17-27)6-3-21-4-7-25(8-5-21)43-40(47)29-12-11-28-30(37(29)41(43)48)18-31-38(33(45)19-32(42)39(31)46)36(28)24-15-23-16-26(44)9-13-35(23)51-20-24/h3-11,13-14,16-17,19-20,29-30,36-37,44H,12,15,18H2,1-2H3/t29-,30+,36-,37-/m0/s1. The molecule has 0 aromatic heterocycles. The molecule has 1 fully saturated rings. The smallest absolute Gasteiger partial charge is 0.238 e. The number of halogens is 1. The summed E-state index contributed by atoms with van der Waals surface area (Å²) in [6.07, 6.45) is 9.60. The largest absolute Gasteiger partial charge is 0.508 e. The predicted molar refractivity (Wildman–Crippen MR) is 193 cm³/mol. The highest BCUT2D eigenvalue weighted by molar-refractivity contribution is 9.12. The molecule has 3 aliphatic carbocycles. The molecular formula is C41H32BrNO8. The van der Waals surface area contributed by atoms with Gasteiger partial charge < -0.3 is 19.3 Å². The maximum absolute atomic E-state index is 14.4. The van der Waals surface area contributed by atoms with Crippen LogP contribution in [0.3, 0.4) is 0 Å². The van der Waals surface area contributed by atoms with E-state index in [0.717, 1.165) is 27.8 Å². The summed E-state index contributed by atoms with van der Waals surface area (Å²) in [5.74, 6) is -1.49. The minimum atomic E-state index is -0.705. The number of amides is 2. The number of phenolic OH excluding ortho intramolecular Hbond substituents is 1. The highest BCUT2D eigenvalue weighted by atomic mass is 79.9. The third kappa shape index (κ3) is 5.45. The molecule has 10 heteroatoms. The first kappa shape index (κ1) is 32.7. The molecule has 0 bridgehead atoms. The highest BCUT2D eigenvalue weighted by Crippen LogP contribution is 2.55. The maximum atomic E-state index is 14.4. The molecule has 8 rings (SSSR count). The van der Waals surface area contributed by atoms with E-state index >= 15 is 0 Å². The number of hydrogen-bond acceptors (Lipinski definition) is 8. The minimum absolute atomic E-state index is 0.0897. The van der Waals surface area contributed by atoms with Gasteiger partial charge in [0.2, 0.25) is 11.8 Å². The number of aromatic hydroxyl groups is 1. The van der Waals surface area contributed by atoms with Crippen LogP contribution in [0.1, 0.15) is 29.5 Å². The van der Waals surface area contributed by atoms with Gasteiger partial charge in [-0.3, -0.25) is 24.1 Å². The molecule has 3 aromatic carbocycles. The molecule has 2 heterocycles. The Morgan fingerprint density at radius 2 is 1.73 bits per heavy atom. The Morgan fingerprint density at radius 1 is 0.922 bits per heavy atom. The second kappa shape index (κ2) is 12.7. The number of rotatable bonds is 6. The number of methoxy groups -OCH3 is 2. The summed E-state index contributed by atoms with van der Waals surface area (Å²) < 4.78 is 17.0. The number of anilines is 1. The Morgan fingerprint density at radius 3 is 2.49 bits per heavy atom. The molecule has 3 aromatic rings. The Labute approximate surface area is 302 Å². The van der Waals surface area contributed by atoms with Gasteiger partial charge in [-0.15, -0.1) is 0 Å². The molecular weight excluding hydrogens is 714 g/mol. The normalized spacial score (nSPS) is 23.9. The molecule has 0 saturated carbocycles. The summed E-state index contributed by atoms with van der Waals surface area (Å²) in [5.41, 5.74) is 5.23. The number of Topliss-reactive ketones (excluding diaryl/α,β-unsaturated/α-hetero) is 1. The van der Waals surface area contributed by atoms with Crippen LogP contribution in [-0.4, -0.2) is 42.7 Å². The lowest BCUT2D eigenvalue weighted by Crippen LogP contribution is -2.41. The number of allylic oxidation sites excluding steroid dienone is 7. The zero-order valence-electron chi connectivity index (χ0n) is 27.7. The quantitative estimate of drug-likeness (QED) is 0.125. The fourth-order valence-corrected chi connectivity index (χ4v) is 8.61. The molecule has 2 amide bonds. The van der Waals surface area contributed by atoms with Crippen LogP contribution in [0.15, 0.2) is 106 Å². The molecule has 4 atom stereocenters. The fraction of sp³-hybridized carbons (Fsp3) is 0.220. The topological polar surface area (TPSA) is 119 Å². The van der Waals surface area contributed by atoms with Crippen LogP contribution < -0.4 is 19.1 Å². The van der Waals surface area contributed by atoms with Crippen molar-refractivity contribution in [3.8, 4) is 23.0 Å². The SMILES string of the molecule is COc1ccc(OC)c(C=Cc2ccc(N3C(=O)[C@H]4[C@H](CC=C5[C@H](C6=COc7ccc(O)cc7C6)C6=C(C[C@H]54)C(=O)C(Br)=CC6=O)C3=O)cc2)c1. The van der Waals surface area contributed by atoms with E-state index in [2.05, 4.69) is 15.9 Å². The van der Waals surface area contributed by atoms with E-state index in [1.54, 1.807) is 50.8 Å². The number of carbonyl (C=O) groups excluding carboxylic acids is 4. The van der Waals surface area contributed by atoms with Gasteiger partial charge in [-0.2, -0.15) is 0 Å². The number of ketones is 2. The molecule has 2 aliphatic heterocycles. The Balaban J connectivity index is 1.11. The molecule has 256 valence electrons. The molecule has 1 saturated heterocycles. The van der Waals surface area contributed by atoms with Gasteiger partial charge in [-0.1, -0.05) is 35.9 Å². The van der Waals surface area contributed by atoms with E-state index in [4.69, 9.17) is 14.2 Å². The van der Waals surface area contributed by atoms with Gasteiger partial charge in [-0.05, 0) is 94.4 Å². The molecule has 0 spiro atoms. The van der Waals surface area contributed by atoms with Crippen molar-refractivity contribution >= 4 is 57.2 Å². The second-order valence-corrected chi connectivity index (χ2v) is 14.1. The number of ether oxygens (including phenoxy) is 3. The molecule has 51 heavy (non-hydrogen) atoms. The van der Waals surface area contributed by atoms with Gasteiger partial charge in [0.1, 0.15) is 23.0 Å². The minimum Gasteiger partial charge on any atom is -0.508 e. The fourth-order valence-electron chi connectivity index (χ4n) is 8.16. The van der Waals surface area contributed by atoms with Crippen molar-refractivity contribution in [1.82, 2.24) is 0 Å². The van der Waals surface area contributed by atoms with Crippen molar-refractivity contribution in [2.24, 2.45) is 23.7 Å². The van der Waals surface area contributed by atoms with E-state index in [1.165, 1.54) is 11.0 Å². The first-order valence-electron chi connectivity index (χ1n) is 16.6. The van der Waals surface area contributed by atoms with Gasteiger partial charge in [0.15, 0.2) is 11.6 Å². The molecule has 1 N–H and O–H groups in total. The summed E-state index contributed by atoms with van der Waals surface area (Å²) in [6.45, 7) is 0. The van der Waals surface area contributed by atoms with Gasteiger partial charge in [0.05, 0.1) is 42.5 Å². The van der Waals surface area contributed by atoms with Gasteiger partial charge >= 0.3 is 0 Å². The summed E-state index contributed by atoms with van der Waals surface area (Å²) >= 11 is 3.28. The van der Waals surface area contributed by atoms with E-state index < -0.39 is 23.7 Å². The zero-order chi connectivity index (χ0) is 35.6. The van der Waals surface area contributed by atoms with Crippen molar-refractivity contribution in [3.63, 3.8) is 0 Å². The van der Waals surface area contributed by atoms with E-state index in [1.807, 2.05) is 48.6 Å². The van der Waals surface area contributed by atoms with Crippen molar-refractivity contribution < 1.29 is 38.5 Å². The zero-order valence-corrected chi connectivity index (χ0v) is 29.3. The average molecular weight is 747 g/mol. The molecule has 0 unspecified atom stereocenters. The predicted octanol–water partition coefficient (Wildman–Crippen LogP) is 6.90. The lowest BCUT2D eigenvalue weighted by Gasteiger charge is -2.43. The van der Waals surface area contributed by atoms with Crippen LogP contribution in [0.4, 0.5) is 5.69 Å². The van der Waals surface area contributed by atoms with Crippen molar-refractivity contribution in [2.45, 2.75) is 19.3 Å². The third-order valence-electron chi connectivity index (χ3n) is 10.5. The van der Waals surface area contributed by atoms with Crippen molar-refractivity contribution in [1.29, 1.82) is 0 Å². The average Bonchev–Trinajstić information content (AvgIpc) is 3.40. The van der Waals surface area contributed by atoms with Crippen LogP contribution in [-0.2, 0) is 25.6 Å². The van der Waals surface area contributed by atoms with Crippen LogP contribution in [0, 0.1) is 23.7 Å². The Kier molecular flexibility index (Phi) is 8.14. The highest BCUT2D eigenvalue weighted by Gasteiger charge is 2.57. The summed E-state index contributed by atoms with van der Waals surface area (Å²) in [6, 6.07) is 17.6. The van der Waals surface area contributed by atoms with Crippen molar-refractivity contribution in [2.75, 3.05) is 19.1 Å². The number of carbonyl (C=O) groups is 4. The van der Waals surface area contributed by atoms with E-state index in [-0.39, 0.29) is 40.0 Å². The van der Waals surface area contributed by atoms with Crippen LogP contribution in [0.5, 0.6) is 23.0 Å². The molecule has 0 radical (unpaired) electrons. The lowest BCUT2D eigenvalue weighted by atomic mass is 9.59. The number of nitrogens with zero attached hydrogens (tertiary/aromatic N) is 1. The number of imide groups is 1. The monoisotopic (exact) mass is 745 g/mol. The van der Waals surface area contributed by atoms with Crippen LogP contribution in [0.25, 0.3) is 12.2 Å². The number of fused-ring (bicyclic) bond motifs is 4.